The standard InChI is InChI=1S/C12H13N3O4/c1-7-14-12(19-15-7)5-16-9-3-11-10(17-6-18-11)2-8(9)4-13/h2-3H,4-6,13H2,1H3. The monoisotopic (exact) mass is 263 g/mol. The summed E-state index contributed by atoms with van der Waals surface area (Å²) in [6, 6.07) is 3.57. The number of ether oxygens (including phenoxy) is 3. The predicted molar refractivity (Wildman–Crippen MR) is 63.8 cm³/mol. The number of hydrogen-bond acceptors (Lipinski definition) is 7. The zero-order chi connectivity index (χ0) is 13.2. The summed E-state index contributed by atoms with van der Waals surface area (Å²) in [5, 5.41) is 3.69. The van der Waals surface area contributed by atoms with Crippen LogP contribution in [0.2, 0.25) is 0 Å². The topological polar surface area (TPSA) is 92.6 Å². The fourth-order valence-corrected chi connectivity index (χ4v) is 1.80. The van der Waals surface area contributed by atoms with E-state index in [-0.39, 0.29) is 13.4 Å². The van der Waals surface area contributed by atoms with Crippen molar-refractivity contribution in [1.82, 2.24) is 10.1 Å². The molecule has 0 aliphatic carbocycles. The molecule has 0 saturated heterocycles. The van der Waals surface area contributed by atoms with Crippen molar-refractivity contribution in [2.75, 3.05) is 6.79 Å². The van der Waals surface area contributed by atoms with E-state index in [0.717, 1.165) is 5.56 Å². The van der Waals surface area contributed by atoms with Crippen molar-refractivity contribution in [3.63, 3.8) is 0 Å². The largest absolute Gasteiger partial charge is 0.483 e. The van der Waals surface area contributed by atoms with Gasteiger partial charge in [-0.2, -0.15) is 4.98 Å². The highest BCUT2D eigenvalue weighted by atomic mass is 16.7. The first-order valence-corrected chi connectivity index (χ1v) is 5.81. The summed E-state index contributed by atoms with van der Waals surface area (Å²) in [6.07, 6.45) is 0. The lowest BCUT2D eigenvalue weighted by Gasteiger charge is -2.09. The molecule has 2 N–H and O–H groups in total. The summed E-state index contributed by atoms with van der Waals surface area (Å²) < 4.78 is 21.2. The van der Waals surface area contributed by atoms with Crippen LogP contribution in [0.3, 0.4) is 0 Å². The van der Waals surface area contributed by atoms with Crippen molar-refractivity contribution in [3.05, 3.63) is 29.4 Å². The summed E-state index contributed by atoms with van der Waals surface area (Å²) >= 11 is 0. The van der Waals surface area contributed by atoms with Gasteiger partial charge in [0, 0.05) is 18.2 Å². The minimum absolute atomic E-state index is 0.188. The molecule has 0 atom stereocenters. The van der Waals surface area contributed by atoms with Crippen molar-refractivity contribution in [2.45, 2.75) is 20.1 Å². The quantitative estimate of drug-likeness (QED) is 0.884. The molecule has 1 aliphatic rings. The lowest BCUT2D eigenvalue weighted by Crippen LogP contribution is -2.03. The average molecular weight is 263 g/mol. The van der Waals surface area contributed by atoms with Crippen LogP contribution >= 0.6 is 0 Å². The minimum Gasteiger partial charge on any atom is -0.483 e. The lowest BCUT2D eigenvalue weighted by molar-refractivity contribution is 0.173. The first-order chi connectivity index (χ1) is 9.26. The van der Waals surface area contributed by atoms with E-state index < -0.39 is 0 Å². The Kier molecular flexibility index (Phi) is 2.96. The Hall–Kier alpha value is -2.28. The van der Waals surface area contributed by atoms with Gasteiger partial charge in [0.05, 0.1) is 0 Å². The Labute approximate surface area is 109 Å². The molecule has 100 valence electrons. The molecule has 7 heteroatoms. The number of fused-ring (bicyclic) bond motifs is 1. The molecule has 0 saturated carbocycles. The minimum atomic E-state index is 0.188. The number of nitrogens with zero attached hydrogens (tertiary/aromatic N) is 2. The van der Waals surface area contributed by atoms with Crippen LogP contribution in [0.25, 0.3) is 0 Å². The van der Waals surface area contributed by atoms with Crippen molar-refractivity contribution >= 4 is 0 Å². The maximum absolute atomic E-state index is 5.69. The first kappa shape index (κ1) is 11.8. The molecule has 2 heterocycles. The van der Waals surface area contributed by atoms with E-state index in [1.54, 1.807) is 13.0 Å². The van der Waals surface area contributed by atoms with Gasteiger partial charge in [0.2, 0.25) is 6.79 Å². The molecular formula is C12H13N3O4. The van der Waals surface area contributed by atoms with Crippen molar-refractivity contribution in [1.29, 1.82) is 0 Å². The third-order valence-electron chi connectivity index (χ3n) is 2.70. The molecule has 2 aromatic rings. The summed E-state index contributed by atoms with van der Waals surface area (Å²) in [5.41, 5.74) is 6.52. The second-order valence-electron chi connectivity index (χ2n) is 4.04. The van der Waals surface area contributed by atoms with Crippen LogP contribution in [0.4, 0.5) is 0 Å². The van der Waals surface area contributed by atoms with E-state index in [1.807, 2.05) is 6.07 Å². The number of hydrogen-bond donors (Lipinski definition) is 1. The lowest BCUT2D eigenvalue weighted by atomic mass is 10.2. The van der Waals surface area contributed by atoms with E-state index in [0.29, 0.717) is 35.5 Å². The van der Waals surface area contributed by atoms with Crippen LogP contribution in [0.15, 0.2) is 16.7 Å². The van der Waals surface area contributed by atoms with E-state index in [9.17, 15) is 0 Å². The van der Waals surface area contributed by atoms with Gasteiger partial charge in [-0.3, -0.25) is 0 Å². The molecule has 3 rings (SSSR count). The molecule has 7 nitrogen and oxygen atoms in total. The normalized spacial score (nSPS) is 12.7. The third kappa shape index (κ3) is 2.32. The number of benzene rings is 1. The summed E-state index contributed by atoms with van der Waals surface area (Å²) in [6.45, 7) is 2.49. The highest BCUT2D eigenvalue weighted by Gasteiger charge is 2.18. The van der Waals surface area contributed by atoms with E-state index in [2.05, 4.69) is 10.1 Å². The fraction of sp³-hybridized carbons (Fsp3) is 0.333. The van der Waals surface area contributed by atoms with Crippen LogP contribution in [-0.4, -0.2) is 16.9 Å². The molecule has 0 spiro atoms. The van der Waals surface area contributed by atoms with Crippen LogP contribution < -0.4 is 19.9 Å². The molecule has 0 bridgehead atoms. The van der Waals surface area contributed by atoms with Gasteiger partial charge in [-0.25, -0.2) is 0 Å². The van der Waals surface area contributed by atoms with Crippen molar-refractivity contribution < 1.29 is 18.7 Å². The van der Waals surface area contributed by atoms with Gasteiger partial charge in [-0.15, -0.1) is 0 Å². The SMILES string of the molecule is Cc1noc(COc2cc3c(cc2CN)OCO3)n1. The Morgan fingerprint density at radius 1 is 1.32 bits per heavy atom. The Bertz CT molecular complexity index is 597. The van der Waals surface area contributed by atoms with Gasteiger partial charge in [-0.05, 0) is 13.0 Å². The van der Waals surface area contributed by atoms with E-state index in [1.165, 1.54) is 0 Å². The summed E-state index contributed by atoms with van der Waals surface area (Å²) in [5.74, 6) is 2.94. The number of aryl methyl sites for hydroxylation is 1. The zero-order valence-electron chi connectivity index (χ0n) is 10.4. The zero-order valence-corrected chi connectivity index (χ0v) is 10.4. The Morgan fingerprint density at radius 3 is 2.79 bits per heavy atom. The molecule has 1 aromatic carbocycles. The number of nitrogens with two attached hydrogens (primary N) is 1. The Morgan fingerprint density at radius 2 is 2.11 bits per heavy atom. The maximum atomic E-state index is 5.69. The average Bonchev–Trinajstić information content (AvgIpc) is 3.03. The molecule has 0 radical (unpaired) electrons. The van der Waals surface area contributed by atoms with Crippen LogP contribution in [0, 0.1) is 6.92 Å². The second-order valence-corrected chi connectivity index (χ2v) is 4.04. The molecular weight excluding hydrogens is 250 g/mol. The highest BCUT2D eigenvalue weighted by molar-refractivity contribution is 5.51. The van der Waals surface area contributed by atoms with Crippen molar-refractivity contribution in [2.24, 2.45) is 5.73 Å². The van der Waals surface area contributed by atoms with Gasteiger partial charge in [0.15, 0.2) is 23.9 Å². The molecule has 0 fully saturated rings. The Balaban J connectivity index is 1.80. The van der Waals surface area contributed by atoms with Crippen LogP contribution in [0.5, 0.6) is 17.2 Å². The van der Waals surface area contributed by atoms with Gasteiger partial charge >= 0.3 is 0 Å². The molecule has 0 unspecified atom stereocenters. The molecule has 19 heavy (non-hydrogen) atoms. The molecule has 1 aromatic heterocycles. The third-order valence-corrected chi connectivity index (χ3v) is 2.70. The first-order valence-electron chi connectivity index (χ1n) is 5.81. The van der Waals surface area contributed by atoms with Gasteiger partial charge < -0.3 is 24.5 Å². The summed E-state index contributed by atoms with van der Waals surface area (Å²) in [4.78, 5) is 4.06. The van der Waals surface area contributed by atoms with E-state index >= 15 is 0 Å². The van der Waals surface area contributed by atoms with Gasteiger partial charge in [-0.1, -0.05) is 5.16 Å². The number of aromatic nitrogens is 2. The van der Waals surface area contributed by atoms with E-state index in [4.69, 9.17) is 24.5 Å². The highest BCUT2D eigenvalue weighted by Crippen LogP contribution is 2.38. The molecule has 1 aliphatic heterocycles. The smallest absolute Gasteiger partial charge is 0.264 e. The fourth-order valence-electron chi connectivity index (χ4n) is 1.80. The number of rotatable bonds is 4. The maximum Gasteiger partial charge on any atom is 0.264 e. The predicted octanol–water partition coefficient (Wildman–Crippen LogP) is 1.14. The molecule has 0 amide bonds. The second kappa shape index (κ2) is 4.77. The van der Waals surface area contributed by atoms with Crippen LogP contribution in [-0.2, 0) is 13.2 Å². The van der Waals surface area contributed by atoms with Gasteiger partial charge in [0.1, 0.15) is 5.75 Å². The summed E-state index contributed by atoms with van der Waals surface area (Å²) in [7, 11) is 0. The van der Waals surface area contributed by atoms with Crippen LogP contribution in [0.1, 0.15) is 17.3 Å². The van der Waals surface area contributed by atoms with Crippen molar-refractivity contribution in [3.8, 4) is 17.2 Å². The van der Waals surface area contributed by atoms with Gasteiger partial charge in [0.25, 0.3) is 5.89 Å².